The molecule has 0 fully saturated rings. The first kappa shape index (κ1) is 11.5. The minimum atomic E-state index is -0.799. The quantitative estimate of drug-likeness (QED) is 0.621. The predicted molar refractivity (Wildman–Crippen MR) is 38.0 cm³/mol. The highest BCUT2D eigenvalue weighted by Crippen LogP contribution is 1.77. The van der Waals surface area contributed by atoms with Gasteiger partial charge < -0.3 is 10.4 Å². The summed E-state index contributed by atoms with van der Waals surface area (Å²) in [4.78, 5) is 10.0. The van der Waals surface area contributed by atoms with E-state index in [2.05, 4.69) is 5.32 Å². The Bertz CT molecular complexity index is 87.0. The van der Waals surface area contributed by atoms with Crippen molar-refractivity contribution in [3.8, 4) is 0 Å². The molecule has 3 nitrogen and oxygen atoms in total. The van der Waals surface area contributed by atoms with Gasteiger partial charge in [-0.15, -0.1) is 12.4 Å². The number of likely N-dealkylation sites (N-methyl/N-ethyl adjacent to an activating group) is 1. The van der Waals surface area contributed by atoms with Crippen LogP contribution in [0, 0.1) is 0 Å². The monoisotopic (exact) mass is 153 g/mol. The molecule has 0 rings (SSSR count). The molecular weight excluding hydrogens is 142 g/mol. The molecule has 0 aromatic carbocycles. The lowest BCUT2D eigenvalue weighted by Gasteiger charge is -2.03. The van der Waals surface area contributed by atoms with E-state index in [-0.39, 0.29) is 12.4 Å². The van der Waals surface area contributed by atoms with Gasteiger partial charge in [0, 0.05) is 0 Å². The Morgan fingerprint density at radius 1 is 1.78 bits per heavy atom. The highest BCUT2D eigenvalue weighted by Gasteiger charge is 2.06. The van der Waals surface area contributed by atoms with Gasteiger partial charge in [0.2, 0.25) is 0 Å². The second kappa shape index (κ2) is 5.85. The van der Waals surface area contributed by atoms with Gasteiger partial charge in [-0.1, -0.05) is 6.92 Å². The molecule has 0 aromatic heterocycles. The highest BCUT2D eigenvalue weighted by molar-refractivity contribution is 5.85. The smallest absolute Gasteiger partial charge is 0.320 e. The normalized spacial score (nSPS) is 11.8. The zero-order valence-electron chi connectivity index (χ0n) is 5.55. The van der Waals surface area contributed by atoms with Gasteiger partial charge in [0.25, 0.3) is 0 Å². The molecule has 0 aliphatic carbocycles. The summed E-state index contributed by atoms with van der Waals surface area (Å²) in [6.07, 6.45) is 0. The Kier molecular flexibility index (Phi) is 7.48. The Hall–Kier alpha value is -0.280. The van der Waals surface area contributed by atoms with Crippen molar-refractivity contribution in [1.29, 1.82) is 0 Å². The minimum absolute atomic E-state index is 0. The second-order valence-electron chi connectivity index (χ2n) is 1.62. The maximum absolute atomic E-state index is 10.0. The third-order valence-corrected chi connectivity index (χ3v) is 0.881. The van der Waals surface area contributed by atoms with Gasteiger partial charge in [-0.05, 0) is 13.5 Å². The van der Waals surface area contributed by atoms with Gasteiger partial charge >= 0.3 is 5.97 Å². The van der Waals surface area contributed by atoms with Gasteiger partial charge in [0.15, 0.2) is 0 Å². The first-order valence-corrected chi connectivity index (χ1v) is 2.64. The van der Waals surface area contributed by atoms with Crippen molar-refractivity contribution in [2.24, 2.45) is 0 Å². The average molecular weight is 154 g/mol. The molecular formula is C5H12ClNO2. The van der Waals surface area contributed by atoms with Crippen molar-refractivity contribution in [2.45, 2.75) is 19.9 Å². The number of halogens is 1. The van der Waals surface area contributed by atoms with Crippen LogP contribution < -0.4 is 5.32 Å². The molecule has 4 heteroatoms. The van der Waals surface area contributed by atoms with Crippen LogP contribution in [0.25, 0.3) is 0 Å². The zero-order chi connectivity index (χ0) is 6.57. The van der Waals surface area contributed by atoms with Crippen LogP contribution in [0.5, 0.6) is 0 Å². The molecule has 0 aliphatic heterocycles. The topological polar surface area (TPSA) is 49.3 Å². The van der Waals surface area contributed by atoms with Crippen LogP contribution >= 0.6 is 12.4 Å². The molecule has 0 heterocycles. The van der Waals surface area contributed by atoms with Gasteiger partial charge in [0.1, 0.15) is 6.04 Å². The van der Waals surface area contributed by atoms with Crippen LogP contribution in [-0.4, -0.2) is 23.7 Å². The number of carboxylic acids is 1. The number of aliphatic carboxylic acids is 1. The SMILES string of the molecule is CCN[C@H](C)C(=O)O.Cl. The van der Waals surface area contributed by atoms with Crippen LogP contribution in [0.1, 0.15) is 13.8 Å². The van der Waals surface area contributed by atoms with Gasteiger partial charge in [-0.25, -0.2) is 0 Å². The molecule has 1 atom stereocenters. The molecule has 9 heavy (non-hydrogen) atoms. The summed E-state index contributed by atoms with van der Waals surface area (Å²) in [7, 11) is 0. The molecule has 0 amide bonds. The van der Waals surface area contributed by atoms with E-state index in [1.54, 1.807) is 6.92 Å². The fourth-order valence-electron chi connectivity index (χ4n) is 0.393. The van der Waals surface area contributed by atoms with Crippen molar-refractivity contribution in [1.82, 2.24) is 5.32 Å². The first-order chi connectivity index (χ1) is 3.68. The predicted octanol–water partition coefficient (Wildman–Crippen LogP) is 0.491. The molecule has 0 aromatic rings. The molecule has 0 aliphatic rings. The summed E-state index contributed by atoms with van der Waals surface area (Å²) < 4.78 is 0. The maximum Gasteiger partial charge on any atom is 0.320 e. The Labute approximate surface area is 60.9 Å². The third-order valence-electron chi connectivity index (χ3n) is 0.881. The largest absolute Gasteiger partial charge is 0.480 e. The van der Waals surface area contributed by atoms with E-state index in [0.717, 1.165) is 0 Å². The molecule has 0 bridgehead atoms. The standard InChI is InChI=1S/C5H11NO2.ClH/c1-3-6-4(2)5(7)8;/h4,6H,3H2,1-2H3,(H,7,8);1H/t4-;/m1./s1. The summed E-state index contributed by atoms with van der Waals surface area (Å²) in [5.41, 5.74) is 0. The highest BCUT2D eigenvalue weighted by atomic mass is 35.5. The van der Waals surface area contributed by atoms with E-state index in [1.165, 1.54) is 0 Å². The maximum atomic E-state index is 10.0. The molecule has 0 unspecified atom stereocenters. The van der Waals surface area contributed by atoms with E-state index in [0.29, 0.717) is 6.54 Å². The van der Waals surface area contributed by atoms with Crippen molar-refractivity contribution < 1.29 is 9.90 Å². The third kappa shape index (κ3) is 5.59. The summed E-state index contributed by atoms with van der Waals surface area (Å²) >= 11 is 0. The average Bonchev–Trinajstić information content (AvgIpc) is 1.67. The lowest BCUT2D eigenvalue weighted by atomic mass is 10.3. The molecule has 0 saturated heterocycles. The van der Waals surface area contributed by atoms with Crippen LogP contribution in [-0.2, 0) is 4.79 Å². The Morgan fingerprint density at radius 3 is 2.33 bits per heavy atom. The van der Waals surface area contributed by atoms with Gasteiger partial charge in [-0.3, -0.25) is 4.79 Å². The lowest BCUT2D eigenvalue weighted by molar-refractivity contribution is -0.138. The summed E-state index contributed by atoms with van der Waals surface area (Å²) in [5.74, 6) is -0.799. The molecule has 0 saturated carbocycles. The van der Waals surface area contributed by atoms with Gasteiger partial charge in [-0.2, -0.15) is 0 Å². The fraction of sp³-hybridized carbons (Fsp3) is 0.800. The van der Waals surface area contributed by atoms with Crippen LogP contribution in [0.3, 0.4) is 0 Å². The van der Waals surface area contributed by atoms with Crippen LogP contribution in [0.2, 0.25) is 0 Å². The molecule has 2 N–H and O–H groups in total. The van der Waals surface area contributed by atoms with Gasteiger partial charge in [0.05, 0.1) is 0 Å². The Balaban J connectivity index is 0. The van der Waals surface area contributed by atoms with Crippen molar-refractivity contribution >= 4 is 18.4 Å². The summed E-state index contributed by atoms with van der Waals surface area (Å²) in [5, 5.41) is 11.0. The van der Waals surface area contributed by atoms with Crippen molar-refractivity contribution in [3.63, 3.8) is 0 Å². The minimum Gasteiger partial charge on any atom is -0.480 e. The van der Waals surface area contributed by atoms with Crippen LogP contribution in [0.15, 0.2) is 0 Å². The number of rotatable bonds is 3. The zero-order valence-corrected chi connectivity index (χ0v) is 6.36. The Morgan fingerprint density at radius 2 is 2.22 bits per heavy atom. The summed E-state index contributed by atoms with van der Waals surface area (Å²) in [6, 6.07) is -0.417. The number of carbonyl (C=O) groups is 1. The number of carboxylic acid groups (broad SMARTS) is 1. The summed E-state index contributed by atoms with van der Waals surface area (Å²) in [6.45, 7) is 4.19. The van der Waals surface area contributed by atoms with E-state index in [9.17, 15) is 4.79 Å². The molecule has 0 spiro atoms. The number of nitrogens with one attached hydrogen (secondary N) is 1. The molecule has 0 radical (unpaired) electrons. The van der Waals surface area contributed by atoms with E-state index in [1.807, 2.05) is 6.92 Å². The van der Waals surface area contributed by atoms with E-state index < -0.39 is 12.0 Å². The van der Waals surface area contributed by atoms with Crippen LogP contribution in [0.4, 0.5) is 0 Å². The fourth-order valence-corrected chi connectivity index (χ4v) is 0.393. The van der Waals surface area contributed by atoms with E-state index >= 15 is 0 Å². The van der Waals surface area contributed by atoms with E-state index in [4.69, 9.17) is 5.11 Å². The molecule has 56 valence electrons. The first-order valence-electron chi connectivity index (χ1n) is 2.64. The lowest BCUT2D eigenvalue weighted by Crippen LogP contribution is -2.33. The second-order valence-corrected chi connectivity index (χ2v) is 1.62. The van der Waals surface area contributed by atoms with Crippen molar-refractivity contribution in [3.05, 3.63) is 0 Å². The van der Waals surface area contributed by atoms with Crippen molar-refractivity contribution in [2.75, 3.05) is 6.54 Å². The number of hydrogen-bond donors (Lipinski definition) is 2. The number of hydrogen-bond acceptors (Lipinski definition) is 2.